The molecule has 3 rings (SSSR count). The van der Waals surface area contributed by atoms with Gasteiger partial charge in [0.2, 0.25) is 5.82 Å². The van der Waals surface area contributed by atoms with Crippen LogP contribution in [0.5, 0.6) is 0 Å². The van der Waals surface area contributed by atoms with Gasteiger partial charge >= 0.3 is 0 Å². The van der Waals surface area contributed by atoms with Gasteiger partial charge in [0.15, 0.2) is 0 Å². The van der Waals surface area contributed by atoms with Gasteiger partial charge in [-0.2, -0.15) is 5.10 Å². The molecular formula is C14H14N4O. The molecule has 1 N–H and O–H groups in total. The maximum atomic E-state index is 12.1. The highest BCUT2D eigenvalue weighted by atomic mass is 16.2. The number of nitrogens with one attached hydrogen (secondary N) is 1. The number of carbonyl (C=O) groups is 1. The average Bonchev–Trinajstić information content (AvgIpc) is 3.02. The Kier molecular flexibility index (Phi) is 3.10. The van der Waals surface area contributed by atoms with Crippen LogP contribution in [0.25, 0.3) is 5.57 Å². The van der Waals surface area contributed by atoms with E-state index in [0.717, 1.165) is 6.42 Å². The van der Waals surface area contributed by atoms with E-state index >= 15 is 0 Å². The van der Waals surface area contributed by atoms with Crippen LogP contribution in [0.1, 0.15) is 22.6 Å². The number of hydrogen-bond donors (Lipinski definition) is 1. The van der Waals surface area contributed by atoms with Gasteiger partial charge in [-0.25, -0.2) is 4.98 Å². The van der Waals surface area contributed by atoms with Crippen LogP contribution in [0.15, 0.2) is 42.7 Å². The zero-order valence-corrected chi connectivity index (χ0v) is 10.4. The molecule has 0 aliphatic carbocycles. The second-order valence-corrected chi connectivity index (χ2v) is 4.43. The van der Waals surface area contributed by atoms with Gasteiger partial charge in [0.05, 0.1) is 0 Å². The highest BCUT2D eigenvalue weighted by Gasteiger charge is 2.20. The Morgan fingerprint density at radius 1 is 1.26 bits per heavy atom. The average molecular weight is 254 g/mol. The van der Waals surface area contributed by atoms with Crippen LogP contribution in [0.4, 0.5) is 0 Å². The number of carbonyl (C=O) groups excluding carboxylic acids is 1. The van der Waals surface area contributed by atoms with Crippen LogP contribution in [-0.2, 0) is 0 Å². The largest absolute Gasteiger partial charge is 0.332 e. The first-order valence-electron chi connectivity index (χ1n) is 6.23. The molecule has 0 fully saturated rings. The van der Waals surface area contributed by atoms with E-state index in [1.807, 2.05) is 18.2 Å². The van der Waals surface area contributed by atoms with E-state index in [1.165, 1.54) is 17.5 Å². The molecule has 1 amide bonds. The third-order valence-corrected chi connectivity index (χ3v) is 3.26. The van der Waals surface area contributed by atoms with Crippen molar-refractivity contribution in [1.82, 2.24) is 20.1 Å². The van der Waals surface area contributed by atoms with Crippen LogP contribution in [0, 0.1) is 0 Å². The summed E-state index contributed by atoms with van der Waals surface area (Å²) in [6, 6.07) is 10.3. The fourth-order valence-corrected chi connectivity index (χ4v) is 2.23. The smallest absolute Gasteiger partial charge is 0.291 e. The first-order valence-corrected chi connectivity index (χ1v) is 6.23. The molecule has 0 saturated heterocycles. The predicted molar refractivity (Wildman–Crippen MR) is 71.3 cm³/mol. The number of benzene rings is 1. The van der Waals surface area contributed by atoms with Gasteiger partial charge in [-0.3, -0.25) is 9.89 Å². The minimum absolute atomic E-state index is 0.0964. The van der Waals surface area contributed by atoms with Crippen molar-refractivity contribution in [1.29, 1.82) is 0 Å². The molecule has 0 unspecified atom stereocenters. The van der Waals surface area contributed by atoms with Crippen LogP contribution in [0.2, 0.25) is 0 Å². The summed E-state index contributed by atoms with van der Waals surface area (Å²) in [7, 11) is 0. The molecule has 19 heavy (non-hydrogen) atoms. The van der Waals surface area contributed by atoms with Gasteiger partial charge < -0.3 is 4.90 Å². The molecule has 2 heterocycles. The Balaban J connectivity index is 1.72. The fraction of sp³-hybridized carbons (Fsp3) is 0.214. The second-order valence-electron chi connectivity index (χ2n) is 4.43. The lowest BCUT2D eigenvalue weighted by molar-refractivity contribution is 0.0761. The number of nitrogens with zero attached hydrogens (tertiary/aromatic N) is 3. The van der Waals surface area contributed by atoms with Crippen molar-refractivity contribution in [2.75, 3.05) is 13.1 Å². The molecule has 5 nitrogen and oxygen atoms in total. The Morgan fingerprint density at radius 3 is 2.74 bits per heavy atom. The second kappa shape index (κ2) is 5.06. The van der Waals surface area contributed by atoms with Crippen LogP contribution in [0.3, 0.4) is 0 Å². The van der Waals surface area contributed by atoms with Gasteiger partial charge in [-0.1, -0.05) is 36.4 Å². The number of aromatic amines is 1. The molecule has 0 atom stereocenters. The van der Waals surface area contributed by atoms with Crippen molar-refractivity contribution in [2.45, 2.75) is 6.42 Å². The third kappa shape index (κ3) is 2.40. The van der Waals surface area contributed by atoms with Crippen molar-refractivity contribution in [2.24, 2.45) is 0 Å². The van der Waals surface area contributed by atoms with E-state index < -0.39 is 0 Å². The summed E-state index contributed by atoms with van der Waals surface area (Å²) in [6.45, 7) is 1.32. The Morgan fingerprint density at radius 2 is 2.11 bits per heavy atom. The molecular weight excluding hydrogens is 240 g/mol. The number of H-pyrrole nitrogens is 1. The Bertz CT molecular complexity index is 589. The number of amides is 1. The first-order chi connectivity index (χ1) is 9.34. The molecule has 1 aromatic carbocycles. The molecule has 5 heteroatoms. The zero-order chi connectivity index (χ0) is 13.1. The van der Waals surface area contributed by atoms with E-state index in [0.29, 0.717) is 18.9 Å². The molecule has 1 aliphatic heterocycles. The summed E-state index contributed by atoms with van der Waals surface area (Å²) >= 11 is 0. The molecule has 96 valence electrons. The summed E-state index contributed by atoms with van der Waals surface area (Å²) in [5.74, 6) is 0.206. The van der Waals surface area contributed by atoms with Gasteiger partial charge in [0.25, 0.3) is 5.91 Å². The monoisotopic (exact) mass is 254 g/mol. The van der Waals surface area contributed by atoms with Crippen molar-refractivity contribution < 1.29 is 4.79 Å². The summed E-state index contributed by atoms with van der Waals surface area (Å²) < 4.78 is 0. The highest BCUT2D eigenvalue weighted by Crippen LogP contribution is 2.22. The fourth-order valence-electron chi connectivity index (χ4n) is 2.23. The quantitative estimate of drug-likeness (QED) is 0.887. The van der Waals surface area contributed by atoms with Crippen LogP contribution < -0.4 is 0 Å². The molecule has 1 aromatic heterocycles. The molecule has 1 aliphatic rings. The first kappa shape index (κ1) is 11.6. The van der Waals surface area contributed by atoms with Crippen molar-refractivity contribution in [3.63, 3.8) is 0 Å². The minimum Gasteiger partial charge on any atom is -0.332 e. The van der Waals surface area contributed by atoms with Crippen molar-refractivity contribution >= 4 is 11.5 Å². The summed E-state index contributed by atoms with van der Waals surface area (Å²) in [6.07, 6.45) is 4.32. The minimum atomic E-state index is -0.0964. The van der Waals surface area contributed by atoms with Gasteiger partial charge in [-0.15, -0.1) is 0 Å². The normalized spacial score (nSPS) is 15.2. The van der Waals surface area contributed by atoms with Crippen LogP contribution in [-0.4, -0.2) is 39.1 Å². The van der Waals surface area contributed by atoms with E-state index in [1.54, 1.807) is 4.90 Å². The predicted octanol–water partition coefficient (Wildman–Crippen LogP) is 1.73. The van der Waals surface area contributed by atoms with E-state index in [-0.39, 0.29) is 5.91 Å². The summed E-state index contributed by atoms with van der Waals surface area (Å²) in [4.78, 5) is 17.7. The van der Waals surface area contributed by atoms with Crippen molar-refractivity contribution in [3.8, 4) is 0 Å². The Labute approximate surface area is 111 Å². The third-order valence-electron chi connectivity index (χ3n) is 3.26. The SMILES string of the molecule is O=C(c1ncn[nH]1)N1CC=C(c2ccccc2)CC1. The number of rotatable bonds is 2. The molecule has 2 aromatic rings. The Hall–Kier alpha value is -2.43. The highest BCUT2D eigenvalue weighted by molar-refractivity contribution is 5.91. The molecule has 0 radical (unpaired) electrons. The number of aromatic nitrogens is 3. The molecule has 0 bridgehead atoms. The lowest BCUT2D eigenvalue weighted by Crippen LogP contribution is -2.35. The number of hydrogen-bond acceptors (Lipinski definition) is 3. The maximum absolute atomic E-state index is 12.1. The maximum Gasteiger partial charge on any atom is 0.291 e. The zero-order valence-electron chi connectivity index (χ0n) is 10.4. The van der Waals surface area contributed by atoms with E-state index in [2.05, 4.69) is 33.4 Å². The van der Waals surface area contributed by atoms with Gasteiger partial charge in [-0.05, 0) is 17.6 Å². The summed E-state index contributed by atoms with van der Waals surface area (Å²) in [5, 5.41) is 6.31. The topological polar surface area (TPSA) is 61.9 Å². The lowest BCUT2D eigenvalue weighted by Gasteiger charge is -2.25. The summed E-state index contributed by atoms with van der Waals surface area (Å²) in [5.41, 5.74) is 2.52. The van der Waals surface area contributed by atoms with E-state index in [9.17, 15) is 4.79 Å². The van der Waals surface area contributed by atoms with Crippen molar-refractivity contribution in [3.05, 3.63) is 54.1 Å². The molecule has 0 spiro atoms. The lowest BCUT2D eigenvalue weighted by atomic mass is 9.99. The molecule has 0 saturated carbocycles. The van der Waals surface area contributed by atoms with Gasteiger partial charge in [0.1, 0.15) is 6.33 Å². The van der Waals surface area contributed by atoms with Gasteiger partial charge in [0, 0.05) is 13.1 Å². The van der Waals surface area contributed by atoms with Crippen LogP contribution >= 0.6 is 0 Å². The standard InChI is InChI=1S/C14H14N4O/c19-14(13-15-10-16-17-13)18-8-6-12(7-9-18)11-4-2-1-3-5-11/h1-6,10H,7-9H2,(H,15,16,17). The van der Waals surface area contributed by atoms with E-state index in [4.69, 9.17) is 0 Å².